The Morgan fingerprint density at radius 2 is 1.80 bits per heavy atom. The Bertz CT molecular complexity index is 624. The number of hydrogen-bond acceptors (Lipinski definition) is 4. The minimum atomic E-state index is -1.78. The zero-order chi connectivity index (χ0) is 18.8. The van der Waals surface area contributed by atoms with E-state index in [1.54, 1.807) is 25.3 Å². The predicted molar refractivity (Wildman–Crippen MR) is 104 cm³/mol. The van der Waals surface area contributed by atoms with Crippen molar-refractivity contribution in [3.63, 3.8) is 0 Å². The SMILES string of the molecule is COc1ccc(C(=O)Cl)cc1O[C@H]1CC[C@@H](O[Si](C)(C)C(C)(C)C)C1. The van der Waals surface area contributed by atoms with Gasteiger partial charge in [-0.2, -0.15) is 0 Å². The van der Waals surface area contributed by atoms with Crippen LogP contribution >= 0.6 is 11.6 Å². The first-order chi connectivity index (χ1) is 11.5. The lowest BCUT2D eigenvalue weighted by Crippen LogP contribution is -2.43. The lowest BCUT2D eigenvalue weighted by Gasteiger charge is -2.38. The van der Waals surface area contributed by atoms with Gasteiger partial charge in [-0.1, -0.05) is 20.8 Å². The summed E-state index contributed by atoms with van der Waals surface area (Å²) < 4.78 is 18.0. The molecule has 0 heterocycles. The van der Waals surface area contributed by atoms with Crippen molar-refractivity contribution in [2.45, 2.75) is 70.4 Å². The van der Waals surface area contributed by atoms with Crippen LogP contribution in [0.15, 0.2) is 18.2 Å². The zero-order valence-corrected chi connectivity index (χ0v) is 17.8. The Morgan fingerprint density at radius 3 is 2.36 bits per heavy atom. The van der Waals surface area contributed by atoms with E-state index in [1.165, 1.54) is 0 Å². The lowest BCUT2D eigenvalue weighted by atomic mass is 10.2. The lowest BCUT2D eigenvalue weighted by molar-refractivity contribution is 0.107. The van der Waals surface area contributed by atoms with E-state index < -0.39 is 13.6 Å². The second-order valence-electron chi connectivity index (χ2n) is 8.19. The van der Waals surface area contributed by atoms with Crippen LogP contribution in [0.1, 0.15) is 50.4 Å². The summed E-state index contributed by atoms with van der Waals surface area (Å²) in [6.07, 6.45) is 3.07. The van der Waals surface area contributed by atoms with E-state index in [4.69, 9.17) is 25.5 Å². The third-order valence-corrected chi connectivity index (χ3v) is 10.0. The van der Waals surface area contributed by atoms with E-state index in [-0.39, 0.29) is 17.2 Å². The summed E-state index contributed by atoms with van der Waals surface area (Å²) in [5.41, 5.74) is 0.407. The quantitative estimate of drug-likeness (QED) is 0.486. The molecule has 1 saturated carbocycles. The monoisotopic (exact) mass is 384 g/mol. The van der Waals surface area contributed by atoms with E-state index in [2.05, 4.69) is 33.9 Å². The third-order valence-electron chi connectivity index (χ3n) is 5.29. The fraction of sp³-hybridized carbons (Fsp3) is 0.632. The molecule has 0 amide bonds. The summed E-state index contributed by atoms with van der Waals surface area (Å²) in [6, 6.07) is 5.00. The second kappa shape index (κ2) is 7.68. The molecule has 1 aliphatic rings. The molecule has 0 spiro atoms. The molecule has 1 aliphatic carbocycles. The van der Waals surface area contributed by atoms with Gasteiger partial charge in [0.1, 0.15) is 6.10 Å². The maximum Gasteiger partial charge on any atom is 0.252 e. The van der Waals surface area contributed by atoms with Crippen molar-refractivity contribution < 1.29 is 18.7 Å². The molecule has 6 heteroatoms. The van der Waals surface area contributed by atoms with Gasteiger partial charge in [-0.15, -0.1) is 0 Å². The summed E-state index contributed by atoms with van der Waals surface area (Å²) in [6.45, 7) is 11.3. The third kappa shape index (κ3) is 4.99. The van der Waals surface area contributed by atoms with Gasteiger partial charge in [0.2, 0.25) is 0 Å². The van der Waals surface area contributed by atoms with Gasteiger partial charge in [0, 0.05) is 18.1 Å². The van der Waals surface area contributed by atoms with Crippen molar-refractivity contribution in [3.05, 3.63) is 23.8 Å². The van der Waals surface area contributed by atoms with Crippen molar-refractivity contribution in [3.8, 4) is 11.5 Å². The van der Waals surface area contributed by atoms with E-state index in [1.807, 2.05) is 0 Å². The standard InChI is InChI=1S/C19H29ClO4Si/c1-19(2,3)25(5,6)24-15-9-8-14(12-15)23-17-11-13(18(20)21)7-10-16(17)22-4/h7,10-11,14-15H,8-9,12H2,1-6H3/t14-,15+/m0/s1. The van der Waals surface area contributed by atoms with Gasteiger partial charge in [-0.25, -0.2) is 0 Å². The average Bonchev–Trinajstić information content (AvgIpc) is 2.92. The summed E-state index contributed by atoms with van der Waals surface area (Å²) >= 11 is 5.58. The first-order valence-corrected chi connectivity index (χ1v) is 12.0. The molecule has 140 valence electrons. The number of methoxy groups -OCH3 is 1. The van der Waals surface area contributed by atoms with Crippen molar-refractivity contribution >= 4 is 25.2 Å². The fourth-order valence-corrected chi connectivity index (χ4v) is 4.30. The molecule has 0 radical (unpaired) electrons. The molecule has 2 rings (SSSR count). The van der Waals surface area contributed by atoms with Crippen LogP contribution < -0.4 is 9.47 Å². The van der Waals surface area contributed by atoms with Gasteiger partial charge in [0.25, 0.3) is 5.24 Å². The topological polar surface area (TPSA) is 44.8 Å². The smallest absolute Gasteiger partial charge is 0.252 e. The number of carbonyl (C=O) groups excluding carboxylic acids is 1. The minimum Gasteiger partial charge on any atom is -0.493 e. The Labute approximate surface area is 156 Å². The highest BCUT2D eigenvalue weighted by molar-refractivity contribution is 6.74. The summed E-state index contributed by atoms with van der Waals surface area (Å²) in [4.78, 5) is 11.4. The first-order valence-electron chi connectivity index (χ1n) is 8.76. The number of hydrogen-bond donors (Lipinski definition) is 0. The van der Waals surface area contributed by atoms with Crippen molar-refractivity contribution in [1.82, 2.24) is 0 Å². The summed E-state index contributed by atoms with van der Waals surface area (Å²) in [5.74, 6) is 1.17. The molecule has 0 saturated heterocycles. The van der Waals surface area contributed by atoms with Crippen LogP contribution in [0, 0.1) is 0 Å². The number of carbonyl (C=O) groups is 1. The summed E-state index contributed by atoms with van der Waals surface area (Å²) in [7, 11) is -0.190. The molecular formula is C19H29ClO4Si. The molecule has 25 heavy (non-hydrogen) atoms. The molecule has 4 nitrogen and oxygen atoms in total. The number of rotatable bonds is 6. The maximum atomic E-state index is 11.4. The molecule has 1 fully saturated rings. The normalized spacial score (nSPS) is 21.2. The van der Waals surface area contributed by atoms with E-state index >= 15 is 0 Å². The van der Waals surface area contributed by atoms with Gasteiger partial charge in [0.15, 0.2) is 19.8 Å². The van der Waals surface area contributed by atoms with Crippen LogP contribution in [0.2, 0.25) is 18.1 Å². The molecule has 0 aliphatic heterocycles. The Balaban J connectivity index is 2.04. The van der Waals surface area contributed by atoms with Crippen molar-refractivity contribution in [2.75, 3.05) is 7.11 Å². The fourth-order valence-electron chi connectivity index (χ4n) is 2.78. The highest BCUT2D eigenvalue weighted by Gasteiger charge is 2.41. The first kappa shape index (κ1) is 20.3. The highest BCUT2D eigenvalue weighted by Crippen LogP contribution is 2.40. The van der Waals surface area contributed by atoms with Crippen LogP contribution in [-0.2, 0) is 4.43 Å². The molecule has 0 N–H and O–H groups in total. The van der Waals surface area contributed by atoms with Gasteiger partial charge in [-0.3, -0.25) is 4.79 Å². The molecule has 0 aromatic heterocycles. The van der Waals surface area contributed by atoms with Crippen molar-refractivity contribution in [2.24, 2.45) is 0 Å². The van der Waals surface area contributed by atoms with Crippen LogP contribution in [0.5, 0.6) is 11.5 Å². The Kier molecular flexibility index (Phi) is 6.23. The average molecular weight is 385 g/mol. The minimum absolute atomic E-state index is 0.0596. The van der Waals surface area contributed by atoms with Gasteiger partial charge < -0.3 is 13.9 Å². The van der Waals surface area contributed by atoms with E-state index in [0.29, 0.717) is 17.1 Å². The molecular weight excluding hydrogens is 356 g/mol. The van der Waals surface area contributed by atoms with Gasteiger partial charge >= 0.3 is 0 Å². The molecule has 2 atom stereocenters. The Hall–Kier alpha value is -1.04. The number of halogens is 1. The number of benzene rings is 1. The van der Waals surface area contributed by atoms with Crippen LogP contribution in [0.25, 0.3) is 0 Å². The maximum absolute atomic E-state index is 11.4. The van der Waals surface area contributed by atoms with Crippen LogP contribution in [0.4, 0.5) is 0 Å². The molecule has 0 bridgehead atoms. The number of ether oxygens (including phenoxy) is 2. The summed E-state index contributed by atoms with van der Waals surface area (Å²) in [5, 5.41) is -0.303. The van der Waals surface area contributed by atoms with Gasteiger partial charge in [0.05, 0.1) is 7.11 Å². The van der Waals surface area contributed by atoms with E-state index in [9.17, 15) is 4.79 Å². The Morgan fingerprint density at radius 1 is 1.16 bits per heavy atom. The molecule has 1 aromatic rings. The predicted octanol–water partition coefficient (Wildman–Crippen LogP) is 5.40. The van der Waals surface area contributed by atoms with Crippen LogP contribution in [0.3, 0.4) is 0 Å². The largest absolute Gasteiger partial charge is 0.493 e. The van der Waals surface area contributed by atoms with E-state index in [0.717, 1.165) is 19.3 Å². The zero-order valence-electron chi connectivity index (χ0n) is 16.0. The van der Waals surface area contributed by atoms with Crippen molar-refractivity contribution in [1.29, 1.82) is 0 Å². The molecule has 1 aromatic carbocycles. The molecule has 0 unspecified atom stereocenters. The van der Waals surface area contributed by atoms with Gasteiger partial charge in [-0.05, 0) is 60.8 Å². The second-order valence-corrected chi connectivity index (χ2v) is 13.3. The van der Waals surface area contributed by atoms with Crippen LogP contribution in [-0.4, -0.2) is 32.9 Å². The highest BCUT2D eigenvalue weighted by atomic mass is 35.5.